The smallest absolute Gasteiger partial charge is 0.0628 e. The first-order valence-electron chi connectivity index (χ1n) is 8.00. The van der Waals surface area contributed by atoms with Crippen molar-refractivity contribution in [2.24, 2.45) is 0 Å². The third kappa shape index (κ3) is 2.24. The van der Waals surface area contributed by atoms with E-state index in [0.29, 0.717) is 6.42 Å². The van der Waals surface area contributed by atoms with Crippen LogP contribution < -0.4 is 0 Å². The Bertz CT molecular complexity index is 828. The number of nitrogens with zero attached hydrogens (tertiary/aromatic N) is 1. The van der Waals surface area contributed by atoms with E-state index in [-0.39, 0.29) is 11.8 Å². The number of fused-ring (bicyclic) bond motifs is 3. The second-order valence-electron chi connectivity index (χ2n) is 6.03. The molecule has 0 radical (unpaired) electrons. The van der Waals surface area contributed by atoms with Crippen LogP contribution in [-0.4, -0.2) is 0 Å². The van der Waals surface area contributed by atoms with E-state index >= 15 is 0 Å². The minimum atomic E-state index is 0.186. The average Bonchev–Trinajstić information content (AvgIpc) is 2.95. The third-order valence-electron chi connectivity index (χ3n) is 4.82. The molecule has 110 valence electrons. The molecule has 23 heavy (non-hydrogen) atoms. The highest BCUT2D eigenvalue weighted by Crippen LogP contribution is 2.51. The Morgan fingerprint density at radius 3 is 1.83 bits per heavy atom. The summed E-state index contributed by atoms with van der Waals surface area (Å²) >= 11 is 0. The van der Waals surface area contributed by atoms with Crippen molar-refractivity contribution in [1.82, 2.24) is 0 Å². The summed E-state index contributed by atoms with van der Waals surface area (Å²) in [6.07, 6.45) is 0.525. The van der Waals surface area contributed by atoms with Crippen LogP contribution in [0.3, 0.4) is 0 Å². The van der Waals surface area contributed by atoms with Gasteiger partial charge in [-0.1, -0.05) is 78.9 Å². The SMILES string of the molecule is N#CC[C@@H](c1ccccc1)C1c2ccccc2-c2ccccc21. The zero-order chi connectivity index (χ0) is 15.6. The Labute approximate surface area is 136 Å². The maximum Gasteiger partial charge on any atom is 0.0628 e. The molecule has 0 saturated heterocycles. The van der Waals surface area contributed by atoms with Crippen LogP contribution in [0.5, 0.6) is 0 Å². The van der Waals surface area contributed by atoms with Gasteiger partial charge in [0, 0.05) is 18.3 Å². The van der Waals surface area contributed by atoms with Crippen LogP contribution in [0.1, 0.15) is 34.9 Å². The molecule has 0 amide bonds. The van der Waals surface area contributed by atoms with E-state index in [4.69, 9.17) is 0 Å². The second-order valence-corrected chi connectivity index (χ2v) is 6.03. The minimum absolute atomic E-state index is 0.186. The zero-order valence-corrected chi connectivity index (χ0v) is 12.8. The first-order valence-corrected chi connectivity index (χ1v) is 8.00. The van der Waals surface area contributed by atoms with E-state index in [0.717, 1.165) is 0 Å². The van der Waals surface area contributed by atoms with E-state index in [1.165, 1.54) is 27.8 Å². The maximum atomic E-state index is 9.40. The Morgan fingerprint density at radius 2 is 1.26 bits per heavy atom. The first kappa shape index (κ1) is 13.8. The van der Waals surface area contributed by atoms with E-state index in [2.05, 4.69) is 78.9 Å². The van der Waals surface area contributed by atoms with Crippen LogP contribution in [0.4, 0.5) is 0 Å². The van der Waals surface area contributed by atoms with Crippen LogP contribution >= 0.6 is 0 Å². The topological polar surface area (TPSA) is 23.8 Å². The normalized spacial score (nSPS) is 13.9. The molecule has 0 N–H and O–H groups in total. The van der Waals surface area contributed by atoms with Crippen molar-refractivity contribution in [2.75, 3.05) is 0 Å². The highest BCUT2D eigenvalue weighted by molar-refractivity contribution is 5.79. The van der Waals surface area contributed by atoms with E-state index in [1.54, 1.807) is 0 Å². The van der Waals surface area contributed by atoms with Crippen molar-refractivity contribution in [1.29, 1.82) is 5.26 Å². The van der Waals surface area contributed by atoms with Gasteiger partial charge in [0.1, 0.15) is 0 Å². The molecule has 0 aromatic heterocycles. The van der Waals surface area contributed by atoms with Gasteiger partial charge in [-0.15, -0.1) is 0 Å². The fourth-order valence-electron chi connectivity index (χ4n) is 3.85. The van der Waals surface area contributed by atoms with Crippen LogP contribution in [0.25, 0.3) is 11.1 Å². The Hall–Kier alpha value is -2.85. The lowest BCUT2D eigenvalue weighted by atomic mass is 9.78. The number of rotatable bonds is 3. The molecule has 1 aliphatic rings. The van der Waals surface area contributed by atoms with Gasteiger partial charge in [0.05, 0.1) is 6.07 Å². The van der Waals surface area contributed by atoms with Gasteiger partial charge in [-0.2, -0.15) is 5.26 Å². The predicted molar refractivity (Wildman–Crippen MR) is 93.1 cm³/mol. The lowest BCUT2D eigenvalue weighted by Gasteiger charge is -2.24. The molecule has 0 aliphatic heterocycles. The van der Waals surface area contributed by atoms with Gasteiger partial charge in [-0.25, -0.2) is 0 Å². The van der Waals surface area contributed by atoms with Crippen molar-refractivity contribution in [3.05, 3.63) is 95.6 Å². The third-order valence-corrected chi connectivity index (χ3v) is 4.82. The molecule has 0 fully saturated rings. The van der Waals surface area contributed by atoms with Gasteiger partial charge < -0.3 is 0 Å². The average molecular weight is 295 g/mol. The molecular formula is C22H17N. The lowest BCUT2D eigenvalue weighted by molar-refractivity contribution is 0.626. The molecule has 0 saturated carbocycles. The fraction of sp³-hybridized carbons (Fsp3) is 0.136. The van der Waals surface area contributed by atoms with Gasteiger partial charge in [0.15, 0.2) is 0 Å². The van der Waals surface area contributed by atoms with E-state index in [1.807, 2.05) is 6.07 Å². The largest absolute Gasteiger partial charge is 0.198 e. The highest BCUT2D eigenvalue weighted by Gasteiger charge is 2.34. The summed E-state index contributed by atoms with van der Waals surface area (Å²) < 4.78 is 0. The fourth-order valence-corrected chi connectivity index (χ4v) is 3.85. The van der Waals surface area contributed by atoms with Crippen molar-refractivity contribution in [3.63, 3.8) is 0 Å². The van der Waals surface area contributed by atoms with Crippen LogP contribution in [0.2, 0.25) is 0 Å². The Kier molecular flexibility index (Phi) is 3.44. The molecular weight excluding hydrogens is 278 g/mol. The van der Waals surface area contributed by atoms with Crippen molar-refractivity contribution in [3.8, 4) is 17.2 Å². The number of hydrogen-bond acceptors (Lipinski definition) is 1. The first-order chi connectivity index (χ1) is 11.4. The zero-order valence-electron chi connectivity index (χ0n) is 12.8. The van der Waals surface area contributed by atoms with Gasteiger partial charge in [0.25, 0.3) is 0 Å². The van der Waals surface area contributed by atoms with Gasteiger partial charge >= 0.3 is 0 Å². The summed E-state index contributed by atoms with van der Waals surface area (Å²) in [7, 11) is 0. The molecule has 1 heteroatoms. The number of nitriles is 1. The predicted octanol–water partition coefficient (Wildman–Crippen LogP) is 5.50. The molecule has 1 nitrogen and oxygen atoms in total. The minimum Gasteiger partial charge on any atom is -0.198 e. The lowest BCUT2D eigenvalue weighted by Crippen LogP contribution is -2.10. The number of hydrogen-bond donors (Lipinski definition) is 0. The summed E-state index contributed by atoms with van der Waals surface area (Å²) in [6.45, 7) is 0. The summed E-state index contributed by atoms with van der Waals surface area (Å²) in [4.78, 5) is 0. The molecule has 1 aliphatic carbocycles. The molecule has 3 aromatic carbocycles. The molecule has 0 spiro atoms. The van der Waals surface area contributed by atoms with E-state index < -0.39 is 0 Å². The van der Waals surface area contributed by atoms with Crippen molar-refractivity contribution in [2.45, 2.75) is 18.3 Å². The van der Waals surface area contributed by atoms with Crippen LogP contribution in [0.15, 0.2) is 78.9 Å². The summed E-state index contributed by atoms with van der Waals surface area (Å²) in [5.41, 5.74) is 6.56. The molecule has 3 aromatic rings. The summed E-state index contributed by atoms with van der Waals surface area (Å²) in [5.74, 6) is 0.440. The summed E-state index contributed by atoms with van der Waals surface area (Å²) in [6, 6.07) is 30.1. The van der Waals surface area contributed by atoms with Gasteiger partial charge in [-0.05, 0) is 27.8 Å². The van der Waals surface area contributed by atoms with Crippen LogP contribution in [-0.2, 0) is 0 Å². The molecule has 0 heterocycles. The molecule has 1 atom stereocenters. The molecule has 0 bridgehead atoms. The molecule has 0 unspecified atom stereocenters. The maximum absolute atomic E-state index is 9.40. The number of benzene rings is 3. The standard InChI is InChI=1S/C22H17N/c23-15-14-17(16-8-2-1-3-9-16)22-20-12-6-4-10-18(20)19-11-5-7-13-21(19)22/h1-13,17,22H,14H2/t17-/m0/s1. The highest BCUT2D eigenvalue weighted by atomic mass is 14.4. The quantitative estimate of drug-likeness (QED) is 0.626. The van der Waals surface area contributed by atoms with E-state index in [9.17, 15) is 5.26 Å². The second kappa shape index (κ2) is 5.74. The van der Waals surface area contributed by atoms with Crippen molar-refractivity contribution >= 4 is 0 Å². The summed E-state index contributed by atoms with van der Waals surface area (Å²) in [5, 5.41) is 9.40. The van der Waals surface area contributed by atoms with Gasteiger partial charge in [-0.3, -0.25) is 0 Å². The van der Waals surface area contributed by atoms with Crippen LogP contribution in [0, 0.1) is 11.3 Å². The molecule has 4 rings (SSSR count). The Balaban J connectivity index is 1.91. The monoisotopic (exact) mass is 295 g/mol. The van der Waals surface area contributed by atoms with Gasteiger partial charge in [0.2, 0.25) is 0 Å². The van der Waals surface area contributed by atoms with Crippen molar-refractivity contribution < 1.29 is 0 Å². The Morgan fingerprint density at radius 1 is 0.739 bits per heavy atom.